The molecule has 1 saturated carbocycles. The molecule has 15 heavy (non-hydrogen) atoms. The van der Waals surface area contributed by atoms with Gasteiger partial charge in [-0.25, -0.2) is 0 Å². The van der Waals surface area contributed by atoms with Gasteiger partial charge in [-0.3, -0.25) is 4.79 Å². The summed E-state index contributed by atoms with van der Waals surface area (Å²) in [6.07, 6.45) is 1.66. The van der Waals surface area contributed by atoms with Gasteiger partial charge in [-0.1, -0.05) is 34.6 Å². The summed E-state index contributed by atoms with van der Waals surface area (Å²) in [5.74, 6) is -0.0680. The third-order valence-electron chi connectivity index (χ3n) is 3.23. The van der Waals surface area contributed by atoms with Gasteiger partial charge in [-0.2, -0.15) is 0 Å². The molecule has 0 aromatic heterocycles. The van der Waals surface area contributed by atoms with Crippen LogP contribution in [0.3, 0.4) is 0 Å². The fourth-order valence-electron chi connectivity index (χ4n) is 2.12. The van der Waals surface area contributed by atoms with Crippen LogP contribution in [0.2, 0.25) is 0 Å². The smallest absolute Gasteiger partial charge is 0.319 e. The van der Waals surface area contributed by atoms with Crippen LogP contribution in [0.25, 0.3) is 0 Å². The standard InChI is InChI=1S/C12H22O2S/c1-8(2)15-12(10(13)14)6-9(7-12)11(3,4)5/h8-9H,6-7H2,1-5H3,(H,13,14). The van der Waals surface area contributed by atoms with Crippen molar-refractivity contribution < 1.29 is 9.90 Å². The maximum absolute atomic E-state index is 11.3. The summed E-state index contributed by atoms with van der Waals surface area (Å²) in [7, 11) is 0. The molecule has 0 spiro atoms. The fraction of sp³-hybridized carbons (Fsp3) is 0.917. The first-order chi connectivity index (χ1) is 6.67. The molecule has 0 aromatic carbocycles. The van der Waals surface area contributed by atoms with Gasteiger partial charge >= 0.3 is 5.97 Å². The van der Waals surface area contributed by atoms with Gasteiger partial charge in [0.25, 0.3) is 0 Å². The molecule has 0 unspecified atom stereocenters. The Bertz CT molecular complexity index is 247. The van der Waals surface area contributed by atoms with Gasteiger partial charge in [-0.05, 0) is 24.2 Å². The van der Waals surface area contributed by atoms with Gasteiger partial charge in [0.1, 0.15) is 4.75 Å². The average Bonchev–Trinajstić information content (AvgIpc) is 1.91. The first-order valence-electron chi connectivity index (χ1n) is 5.58. The summed E-state index contributed by atoms with van der Waals surface area (Å²) in [5.41, 5.74) is 0.247. The lowest BCUT2D eigenvalue weighted by Crippen LogP contribution is -2.52. The van der Waals surface area contributed by atoms with E-state index in [1.165, 1.54) is 0 Å². The minimum Gasteiger partial charge on any atom is -0.480 e. The minimum absolute atomic E-state index is 0.247. The SMILES string of the molecule is CC(C)SC1(C(=O)O)CC(C(C)(C)C)C1. The highest BCUT2D eigenvalue weighted by molar-refractivity contribution is 8.02. The highest BCUT2D eigenvalue weighted by Gasteiger charge is 2.54. The first-order valence-corrected chi connectivity index (χ1v) is 6.46. The Morgan fingerprint density at radius 2 is 1.87 bits per heavy atom. The van der Waals surface area contributed by atoms with Crippen LogP contribution in [0.5, 0.6) is 0 Å². The van der Waals surface area contributed by atoms with Crippen LogP contribution in [0.15, 0.2) is 0 Å². The van der Waals surface area contributed by atoms with E-state index in [1.807, 2.05) is 0 Å². The van der Waals surface area contributed by atoms with Crippen molar-refractivity contribution in [2.75, 3.05) is 0 Å². The molecule has 0 heterocycles. The van der Waals surface area contributed by atoms with E-state index >= 15 is 0 Å². The van der Waals surface area contributed by atoms with Crippen molar-refractivity contribution in [1.29, 1.82) is 0 Å². The summed E-state index contributed by atoms with van der Waals surface area (Å²) >= 11 is 1.62. The average molecular weight is 230 g/mol. The lowest BCUT2D eigenvalue weighted by atomic mass is 9.62. The molecule has 2 nitrogen and oxygen atoms in total. The Kier molecular flexibility index (Phi) is 3.44. The number of rotatable bonds is 3. The van der Waals surface area contributed by atoms with E-state index < -0.39 is 10.7 Å². The first kappa shape index (κ1) is 12.9. The second-order valence-electron chi connectivity index (χ2n) is 5.94. The number of carbonyl (C=O) groups is 1. The molecule has 0 saturated heterocycles. The lowest BCUT2D eigenvalue weighted by Gasteiger charge is -2.50. The van der Waals surface area contributed by atoms with Crippen molar-refractivity contribution in [1.82, 2.24) is 0 Å². The highest BCUT2D eigenvalue weighted by Crippen LogP contribution is 2.55. The molecule has 0 bridgehead atoms. The molecule has 0 amide bonds. The lowest BCUT2D eigenvalue weighted by molar-refractivity contribution is -0.145. The van der Waals surface area contributed by atoms with Gasteiger partial charge < -0.3 is 5.11 Å². The molecule has 1 N–H and O–H groups in total. The third-order valence-corrected chi connectivity index (χ3v) is 4.66. The van der Waals surface area contributed by atoms with Crippen LogP contribution >= 0.6 is 11.8 Å². The molecule has 0 aromatic rings. The topological polar surface area (TPSA) is 37.3 Å². The largest absolute Gasteiger partial charge is 0.480 e. The predicted molar refractivity (Wildman–Crippen MR) is 65.3 cm³/mol. The zero-order valence-electron chi connectivity index (χ0n) is 10.3. The van der Waals surface area contributed by atoms with Crippen molar-refractivity contribution in [3.05, 3.63) is 0 Å². The summed E-state index contributed by atoms with van der Waals surface area (Å²) < 4.78 is -0.494. The zero-order valence-corrected chi connectivity index (χ0v) is 11.1. The Hall–Kier alpha value is -0.180. The predicted octanol–water partition coefficient (Wildman–Crippen LogP) is 3.41. The van der Waals surface area contributed by atoms with E-state index in [9.17, 15) is 9.90 Å². The number of carboxylic acid groups (broad SMARTS) is 1. The summed E-state index contributed by atoms with van der Waals surface area (Å²) in [5, 5.41) is 9.69. The van der Waals surface area contributed by atoms with Crippen LogP contribution < -0.4 is 0 Å². The van der Waals surface area contributed by atoms with Crippen LogP contribution in [-0.2, 0) is 4.79 Å². The Morgan fingerprint density at radius 3 is 2.13 bits per heavy atom. The molecule has 88 valence electrons. The molecule has 1 fully saturated rings. The number of aliphatic carboxylic acids is 1. The van der Waals surface area contributed by atoms with Gasteiger partial charge in [-0.15, -0.1) is 11.8 Å². The molecule has 1 aliphatic rings. The van der Waals surface area contributed by atoms with Crippen molar-refractivity contribution in [3.8, 4) is 0 Å². The molecular formula is C12H22O2S. The summed E-state index contributed by atoms with van der Waals surface area (Å²) in [6, 6.07) is 0. The molecule has 0 radical (unpaired) electrons. The molecule has 0 atom stereocenters. The zero-order chi connectivity index (χ0) is 11.9. The van der Waals surface area contributed by atoms with Crippen LogP contribution in [0, 0.1) is 11.3 Å². The van der Waals surface area contributed by atoms with Crippen molar-refractivity contribution in [2.45, 2.75) is 57.5 Å². The molecule has 0 aliphatic heterocycles. The maximum atomic E-state index is 11.3. The second-order valence-corrected chi connectivity index (χ2v) is 7.90. The number of carboxylic acids is 1. The van der Waals surface area contributed by atoms with Gasteiger partial charge in [0.2, 0.25) is 0 Å². The van der Waals surface area contributed by atoms with E-state index in [-0.39, 0.29) is 5.41 Å². The quantitative estimate of drug-likeness (QED) is 0.807. The van der Waals surface area contributed by atoms with Gasteiger partial charge in [0.15, 0.2) is 0 Å². The molecular weight excluding hydrogens is 208 g/mol. The number of hydrogen-bond donors (Lipinski definition) is 1. The number of hydrogen-bond acceptors (Lipinski definition) is 2. The van der Waals surface area contributed by atoms with Gasteiger partial charge in [0, 0.05) is 5.25 Å². The minimum atomic E-state index is -0.623. The second kappa shape index (κ2) is 4.00. The monoisotopic (exact) mass is 230 g/mol. The van der Waals surface area contributed by atoms with E-state index in [2.05, 4.69) is 34.6 Å². The molecule has 1 rings (SSSR count). The van der Waals surface area contributed by atoms with E-state index in [4.69, 9.17) is 0 Å². The van der Waals surface area contributed by atoms with Crippen molar-refractivity contribution in [2.24, 2.45) is 11.3 Å². The van der Waals surface area contributed by atoms with Crippen molar-refractivity contribution >= 4 is 17.7 Å². The summed E-state index contributed by atoms with van der Waals surface area (Å²) in [6.45, 7) is 10.7. The molecule has 3 heteroatoms. The number of thioether (sulfide) groups is 1. The Morgan fingerprint density at radius 1 is 1.40 bits per heavy atom. The third kappa shape index (κ3) is 2.68. The summed E-state index contributed by atoms with van der Waals surface area (Å²) in [4.78, 5) is 11.3. The van der Waals surface area contributed by atoms with E-state index in [1.54, 1.807) is 11.8 Å². The van der Waals surface area contributed by atoms with Gasteiger partial charge in [0.05, 0.1) is 0 Å². The van der Waals surface area contributed by atoms with E-state index in [0.29, 0.717) is 11.2 Å². The fourth-order valence-corrected chi connectivity index (χ4v) is 3.72. The Labute approximate surface area is 96.8 Å². The van der Waals surface area contributed by atoms with E-state index in [0.717, 1.165) is 12.8 Å². The van der Waals surface area contributed by atoms with Crippen LogP contribution in [0.4, 0.5) is 0 Å². The normalized spacial score (nSPS) is 31.5. The Balaban J connectivity index is 2.65. The maximum Gasteiger partial charge on any atom is 0.319 e. The van der Waals surface area contributed by atoms with Crippen LogP contribution in [0.1, 0.15) is 47.5 Å². The van der Waals surface area contributed by atoms with Crippen molar-refractivity contribution in [3.63, 3.8) is 0 Å². The molecule has 1 aliphatic carbocycles. The van der Waals surface area contributed by atoms with Crippen LogP contribution in [-0.4, -0.2) is 21.1 Å². The highest BCUT2D eigenvalue weighted by atomic mass is 32.2.